The van der Waals surface area contributed by atoms with Crippen molar-refractivity contribution in [2.75, 3.05) is 0 Å². The molecule has 2 nitrogen and oxygen atoms in total. The molecule has 0 atom stereocenters. The van der Waals surface area contributed by atoms with Gasteiger partial charge in [-0.3, -0.25) is 0 Å². The predicted molar refractivity (Wildman–Crippen MR) is 252 cm³/mol. The van der Waals surface area contributed by atoms with E-state index in [0.717, 1.165) is 33.6 Å². The summed E-state index contributed by atoms with van der Waals surface area (Å²) in [6, 6.07) is 78.8. The minimum Gasteiger partial charge on any atom is -0.228 e. The van der Waals surface area contributed by atoms with Crippen molar-refractivity contribution in [1.82, 2.24) is 9.97 Å². The first-order valence-electron chi connectivity index (χ1n) is 20.6. The minimum atomic E-state index is 0.711. The average Bonchev–Trinajstić information content (AvgIpc) is 3.65. The molecule has 0 bridgehead atoms. The Labute approximate surface area is 348 Å². The van der Waals surface area contributed by atoms with Crippen LogP contribution >= 0.6 is 0 Å². The van der Waals surface area contributed by atoms with E-state index in [0.29, 0.717) is 5.82 Å². The van der Waals surface area contributed by atoms with Crippen LogP contribution in [0.1, 0.15) is 0 Å². The van der Waals surface area contributed by atoms with Crippen molar-refractivity contribution in [2.24, 2.45) is 0 Å². The van der Waals surface area contributed by atoms with E-state index >= 15 is 0 Å². The first-order valence-corrected chi connectivity index (χ1v) is 20.6. The Kier molecular flexibility index (Phi) is 7.89. The monoisotopic (exact) mass is 760 g/mol. The summed E-state index contributed by atoms with van der Waals surface area (Å²) in [5.41, 5.74) is 17.4. The standard InChI is InChI=1S/C58H36N2/c1-2-12-44(13-3-1)58-59-54(36-55(60-58)47-29-22-37-10-4-5-14-45(37)34-47)41-25-27-43(28-26-41)56-48-17-7-6-11-39(48)30-32-49(56)40-23-20-38(21-24-40)46-31-33-50-51-18-8-15-42-16-9-19-52(57(42)51)53(50)35-46/h1-36H. The van der Waals surface area contributed by atoms with Gasteiger partial charge in [-0.1, -0.05) is 200 Å². The maximum absolute atomic E-state index is 5.14. The van der Waals surface area contributed by atoms with Crippen molar-refractivity contribution in [3.05, 3.63) is 218 Å². The molecule has 11 aromatic rings. The molecule has 278 valence electrons. The molecule has 1 aliphatic carbocycles. The first-order chi connectivity index (χ1) is 29.7. The van der Waals surface area contributed by atoms with Gasteiger partial charge < -0.3 is 0 Å². The summed E-state index contributed by atoms with van der Waals surface area (Å²) in [6.07, 6.45) is 0. The van der Waals surface area contributed by atoms with Crippen molar-refractivity contribution in [3.8, 4) is 89.5 Å². The van der Waals surface area contributed by atoms with Gasteiger partial charge in [-0.2, -0.15) is 0 Å². The molecule has 0 radical (unpaired) electrons. The minimum absolute atomic E-state index is 0.711. The number of hydrogen-bond donors (Lipinski definition) is 0. The lowest BCUT2D eigenvalue weighted by atomic mass is 9.88. The zero-order chi connectivity index (χ0) is 39.6. The lowest BCUT2D eigenvalue weighted by Gasteiger charge is -2.16. The van der Waals surface area contributed by atoms with E-state index in [2.05, 4.69) is 200 Å². The fourth-order valence-corrected chi connectivity index (χ4v) is 9.25. The molecule has 0 unspecified atom stereocenters. The Morgan fingerprint density at radius 1 is 0.250 bits per heavy atom. The number of fused-ring (bicyclic) bond motifs is 5. The molecule has 1 aromatic heterocycles. The van der Waals surface area contributed by atoms with Crippen LogP contribution in [0.3, 0.4) is 0 Å². The van der Waals surface area contributed by atoms with E-state index in [-0.39, 0.29) is 0 Å². The highest BCUT2D eigenvalue weighted by atomic mass is 14.9. The van der Waals surface area contributed by atoms with Crippen LogP contribution in [0.5, 0.6) is 0 Å². The second-order valence-electron chi connectivity index (χ2n) is 15.7. The predicted octanol–water partition coefficient (Wildman–Crippen LogP) is 15.6. The van der Waals surface area contributed by atoms with Gasteiger partial charge in [0, 0.05) is 16.7 Å². The Balaban J connectivity index is 0.922. The van der Waals surface area contributed by atoms with Crippen LogP contribution in [0.2, 0.25) is 0 Å². The van der Waals surface area contributed by atoms with Crippen molar-refractivity contribution in [1.29, 1.82) is 0 Å². The summed E-state index contributed by atoms with van der Waals surface area (Å²) in [6.45, 7) is 0. The number of aromatic nitrogens is 2. The third kappa shape index (κ3) is 5.73. The normalized spacial score (nSPS) is 11.7. The van der Waals surface area contributed by atoms with Crippen LogP contribution in [-0.2, 0) is 0 Å². The number of hydrogen-bond acceptors (Lipinski definition) is 2. The molecule has 0 spiro atoms. The van der Waals surface area contributed by atoms with Gasteiger partial charge in [0.05, 0.1) is 11.4 Å². The van der Waals surface area contributed by atoms with Crippen molar-refractivity contribution in [2.45, 2.75) is 0 Å². The molecular weight excluding hydrogens is 725 g/mol. The molecule has 0 saturated heterocycles. The maximum Gasteiger partial charge on any atom is 0.160 e. The number of nitrogens with zero attached hydrogens (tertiary/aromatic N) is 2. The molecule has 10 aromatic carbocycles. The average molecular weight is 761 g/mol. The highest BCUT2D eigenvalue weighted by Gasteiger charge is 2.22. The molecule has 2 heteroatoms. The van der Waals surface area contributed by atoms with Crippen LogP contribution < -0.4 is 0 Å². The largest absolute Gasteiger partial charge is 0.228 e. The molecule has 0 amide bonds. The molecule has 0 aliphatic heterocycles. The molecular formula is C58H36N2. The smallest absolute Gasteiger partial charge is 0.160 e. The molecule has 60 heavy (non-hydrogen) atoms. The van der Waals surface area contributed by atoms with Gasteiger partial charge in [0.2, 0.25) is 0 Å². The van der Waals surface area contributed by atoms with Gasteiger partial charge in [-0.05, 0) is 106 Å². The van der Waals surface area contributed by atoms with Crippen LogP contribution in [0, 0.1) is 0 Å². The van der Waals surface area contributed by atoms with Gasteiger partial charge in [0.15, 0.2) is 5.82 Å². The van der Waals surface area contributed by atoms with Crippen molar-refractivity contribution < 1.29 is 0 Å². The maximum atomic E-state index is 5.14. The Hall–Kier alpha value is -7.94. The van der Waals surface area contributed by atoms with Crippen LogP contribution in [-0.4, -0.2) is 9.97 Å². The fourth-order valence-electron chi connectivity index (χ4n) is 9.25. The van der Waals surface area contributed by atoms with E-state index in [1.165, 1.54) is 82.4 Å². The van der Waals surface area contributed by atoms with Gasteiger partial charge in [-0.25, -0.2) is 9.97 Å². The number of rotatable bonds is 6. The third-order valence-electron chi connectivity index (χ3n) is 12.2. The third-order valence-corrected chi connectivity index (χ3v) is 12.2. The Bertz CT molecular complexity index is 3450. The van der Waals surface area contributed by atoms with E-state index in [4.69, 9.17) is 9.97 Å². The zero-order valence-corrected chi connectivity index (χ0v) is 32.7. The molecule has 0 fully saturated rings. The van der Waals surface area contributed by atoms with Gasteiger partial charge >= 0.3 is 0 Å². The molecule has 0 N–H and O–H groups in total. The van der Waals surface area contributed by atoms with Gasteiger partial charge in [-0.15, -0.1) is 0 Å². The summed E-state index contributed by atoms with van der Waals surface area (Å²) in [7, 11) is 0. The Morgan fingerprint density at radius 2 is 0.817 bits per heavy atom. The lowest BCUT2D eigenvalue weighted by molar-refractivity contribution is 1.18. The second kappa shape index (κ2) is 13.9. The van der Waals surface area contributed by atoms with Crippen LogP contribution in [0.15, 0.2) is 218 Å². The summed E-state index contributed by atoms with van der Waals surface area (Å²) < 4.78 is 0. The van der Waals surface area contributed by atoms with Crippen molar-refractivity contribution >= 4 is 32.3 Å². The summed E-state index contributed by atoms with van der Waals surface area (Å²) in [5, 5.41) is 7.50. The van der Waals surface area contributed by atoms with Crippen LogP contribution in [0.25, 0.3) is 122 Å². The lowest BCUT2D eigenvalue weighted by Crippen LogP contribution is -1.96. The summed E-state index contributed by atoms with van der Waals surface area (Å²) in [4.78, 5) is 10.2. The zero-order valence-electron chi connectivity index (χ0n) is 32.7. The van der Waals surface area contributed by atoms with E-state index in [1.54, 1.807) is 0 Å². The second-order valence-corrected chi connectivity index (χ2v) is 15.7. The number of benzene rings is 10. The molecule has 12 rings (SSSR count). The van der Waals surface area contributed by atoms with E-state index < -0.39 is 0 Å². The van der Waals surface area contributed by atoms with Gasteiger partial charge in [0.1, 0.15) is 0 Å². The molecule has 0 saturated carbocycles. The highest BCUT2D eigenvalue weighted by molar-refractivity contribution is 6.15. The fraction of sp³-hybridized carbons (Fsp3) is 0. The summed E-state index contributed by atoms with van der Waals surface area (Å²) in [5.74, 6) is 0.711. The highest BCUT2D eigenvalue weighted by Crippen LogP contribution is 2.48. The van der Waals surface area contributed by atoms with E-state index in [9.17, 15) is 0 Å². The quantitative estimate of drug-likeness (QED) is 0.169. The Morgan fingerprint density at radius 3 is 1.62 bits per heavy atom. The van der Waals surface area contributed by atoms with Crippen LogP contribution in [0.4, 0.5) is 0 Å². The topological polar surface area (TPSA) is 25.8 Å². The molecule has 1 aliphatic rings. The summed E-state index contributed by atoms with van der Waals surface area (Å²) >= 11 is 0. The first kappa shape index (κ1) is 34.1. The molecule has 1 heterocycles. The SMILES string of the molecule is c1ccc(-c2nc(-c3ccc(-c4c(-c5ccc(-c6ccc7c(c6)-c6cccc8cccc-7c68)cc5)ccc5ccccc45)cc3)cc(-c3ccc4ccccc4c3)n2)cc1. The van der Waals surface area contributed by atoms with Gasteiger partial charge in [0.25, 0.3) is 0 Å². The van der Waals surface area contributed by atoms with E-state index in [1.807, 2.05) is 18.2 Å². The van der Waals surface area contributed by atoms with Crippen molar-refractivity contribution in [3.63, 3.8) is 0 Å².